The highest BCUT2D eigenvalue weighted by Gasteiger charge is 2.40. The van der Waals surface area contributed by atoms with Gasteiger partial charge in [0.15, 0.2) is 5.65 Å². The van der Waals surface area contributed by atoms with Crippen molar-refractivity contribution < 1.29 is 17.5 Å². The predicted octanol–water partition coefficient (Wildman–Crippen LogP) is 2.56. The maximum atomic E-state index is 14.5. The van der Waals surface area contributed by atoms with E-state index in [0.717, 1.165) is 47.5 Å². The predicted molar refractivity (Wildman–Crippen MR) is 120 cm³/mol. The van der Waals surface area contributed by atoms with Crippen molar-refractivity contribution in [1.82, 2.24) is 23.9 Å². The van der Waals surface area contributed by atoms with Gasteiger partial charge in [-0.25, -0.2) is 17.8 Å². The number of halogens is 1. The van der Waals surface area contributed by atoms with Gasteiger partial charge in [0.05, 0.1) is 11.9 Å². The van der Waals surface area contributed by atoms with Crippen LogP contribution in [0.4, 0.5) is 4.39 Å². The molecule has 1 saturated carbocycles. The largest absolute Gasteiger partial charge is 0.493 e. The molecule has 33 heavy (non-hydrogen) atoms. The average molecular weight is 470 g/mol. The second kappa shape index (κ2) is 7.88. The highest BCUT2D eigenvalue weighted by Crippen LogP contribution is 2.34. The Kier molecular flexibility index (Phi) is 4.95. The quantitative estimate of drug-likeness (QED) is 0.551. The van der Waals surface area contributed by atoms with Crippen LogP contribution in [-0.4, -0.2) is 57.3 Å². The van der Waals surface area contributed by atoms with E-state index < -0.39 is 10.0 Å². The van der Waals surface area contributed by atoms with Crippen LogP contribution in [0.15, 0.2) is 30.7 Å². The van der Waals surface area contributed by atoms with Gasteiger partial charge >= 0.3 is 0 Å². The first-order chi connectivity index (χ1) is 16.0. The fourth-order valence-electron chi connectivity index (χ4n) is 4.80. The number of ether oxygens (including phenoxy) is 1. The number of nitrogens with zero attached hydrogens (tertiary/aromatic N) is 5. The van der Waals surface area contributed by atoms with Gasteiger partial charge in [0.1, 0.15) is 23.7 Å². The van der Waals surface area contributed by atoms with Crippen molar-refractivity contribution in [2.45, 2.75) is 43.8 Å². The Balaban J connectivity index is 1.25. The molecule has 0 N–H and O–H groups in total. The first-order valence-corrected chi connectivity index (χ1v) is 12.8. The maximum absolute atomic E-state index is 14.5. The summed E-state index contributed by atoms with van der Waals surface area (Å²) >= 11 is 0. The van der Waals surface area contributed by atoms with Crippen LogP contribution in [0, 0.1) is 5.82 Å². The van der Waals surface area contributed by atoms with Gasteiger partial charge < -0.3 is 4.74 Å². The Labute approximate surface area is 191 Å². The van der Waals surface area contributed by atoms with E-state index in [1.165, 1.54) is 6.07 Å². The van der Waals surface area contributed by atoms with Crippen molar-refractivity contribution >= 4 is 21.2 Å². The number of fused-ring (bicyclic) bond motifs is 2. The number of hydrogen-bond donors (Lipinski definition) is 0. The third-order valence-electron chi connectivity index (χ3n) is 6.77. The van der Waals surface area contributed by atoms with Gasteiger partial charge in [-0.1, -0.05) is 6.08 Å². The summed E-state index contributed by atoms with van der Waals surface area (Å²) in [7, 11) is -3.17. The summed E-state index contributed by atoms with van der Waals surface area (Å²) in [6.45, 7) is 1.42. The van der Waals surface area contributed by atoms with Crippen molar-refractivity contribution in [1.29, 1.82) is 0 Å². The highest BCUT2D eigenvalue weighted by atomic mass is 32.2. The van der Waals surface area contributed by atoms with Gasteiger partial charge in [0.2, 0.25) is 10.0 Å². The van der Waals surface area contributed by atoms with Crippen molar-refractivity contribution in [3.63, 3.8) is 0 Å². The van der Waals surface area contributed by atoms with E-state index in [1.54, 1.807) is 22.9 Å². The van der Waals surface area contributed by atoms with E-state index >= 15 is 0 Å². The molecular formula is C23H24FN5O3S. The summed E-state index contributed by atoms with van der Waals surface area (Å²) < 4.78 is 48.5. The summed E-state index contributed by atoms with van der Waals surface area (Å²) in [4.78, 5) is 4.66. The van der Waals surface area contributed by atoms with Crippen LogP contribution in [0.2, 0.25) is 0 Å². The van der Waals surface area contributed by atoms with Gasteiger partial charge in [-0.05, 0) is 49.0 Å². The van der Waals surface area contributed by atoms with Crippen LogP contribution in [0.5, 0.6) is 5.75 Å². The molecule has 3 aliphatic rings. The van der Waals surface area contributed by atoms with Gasteiger partial charge in [-0.15, -0.1) is 10.2 Å². The molecule has 1 aliphatic carbocycles. The van der Waals surface area contributed by atoms with Crippen LogP contribution in [-0.2, 0) is 29.3 Å². The molecule has 1 aromatic carbocycles. The van der Waals surface area contributed by atoms with E-state index in [2.05, 4.69) is 15.2 Å². The molecule has 0 radical (unpaired) electrons. The van der Waals surface area contributed by atoms with Crippen molar-refractivity contribution in [2.24, 2.45) is 0 Å². The van der Waals surface area contributed by atoms with Crippen molar-refractivity contribution in [2.75, 3.05) is 19.7 Å². The molecule has 0 atom stereocenters. The number of benzene rings is 1. The number of aromatic nitrogens is 4. The second-order valence-corrected chi connectivity index (χ2v) is 11.0. The molecule has 0 saturated heterocycles. The zero-order valence-electron chi connectivity index (χ0n) is 18.1. The molecule has 10 heteroatoms. The van der Waals surface area contributed by atoms with E-state index in [1.807, 2.05) is 10.5 Å². The number of rotatable bonds is 6. The standard InChI is InChI=1S/C23H24FN5O3S/c24-20-4-5-21-18(9-12-32-21)17(20)3-6-22-25-13-19(23-27-26-14-29(22)23)15-7-10-28(11-8-15)33(30,31)16-1-2-16/h4-5,7,13-14,16H,1-3,6,8-12H2. The summed E-state index contributed by atoms with van der Waals surface area (Å²) in [5.41, 5.74) is 4.21. The highest BCUT2D eigenvalue weighted by molar-refractivity contribution is 7.90. The SMILES string of the molecule is O=S(=O)(C1CC1)N1CC=C(c2cnc(CCc3c(F)ccc4c3CCO4)n3cnnc23)CC1. The number of aryl methyl sites for hydroxylation is 1. The molecule has 172 valence electrons. The lowest BCUT2D eigenvalue weighted by Gasteiger charge is -2.26. The molecule has 4 heterocycles. The van der Waals surface area contributed by atoms with Crippen LogP contribution in [0.25, 0.3) is 11.2 Å². The van der Waals surface area contributed by atoms with Gasteiger partial charge in [0.25, 0.3) is 0 Å². The second-order valence-electron chi connectivity index (χ2n) is 8.80. The van der Waals surface area contributed by atoms with E-state index in [4.69, 9.17) is 4.74 Å². The monoisotopic (exact) mass is 469 g/mol. The normalized spacial score (nSPS) is 18.9. The number of sulfonamides is 1. The fraction of sp³-hybridized carbons (Fsp3) is 0.435. The van der Waals surface area contributed by atoms with Gasteiger partial charge in [-0.2, -0.15) is 4.31 Å². The van der Waals surface area contributed by atoms with E-state index in [-0.39, 0.29) is 11.1 Å². The zero-order valence-corrected chi connectivity index (χ0v) is 18.9. The Morgan fingerprint density at radius 1 is 1.18 bits per heavy atom. The van der Waals surface area contributed by atoms with Gasteiger partial charge in [-0.3, -0.25) is 4.40 Å². The Morgan fingerprint density at radius 3 is 2.85 bits per heavy atom. The molecule has 0 bridgehead atoms. The lowest BCUT2D eigenvalue weighted by atomic mass is 9.99. The Hall–Kier alpha value is -2.85. The average Bonchev–Trinajstić information content (AvgIpc) is 3.39. The minimum absolute atomic E-state index is 0.196. The molecule has 2 aromatic heterocycles. The summed E-state index contributed by atoms with van der Waals surface area (Å²) in [5, 5.41) is 8.18. The Morgan fingerprint density at radius 2 is 2.06 bits per heavy atom. The lowest BCUT2D eigenvalue weighted by molar-refractivity contribution is 0.356. The zero-order chi connectivity index (χ0) is 22.6. The topological polar surface area (TPSA) is 89.7 Å². The van der Waals surface area contributed by atoms with E-state index in [0.29, 0.717) is 50.2 Å². The van der Waals surface area contributed by atoms with E-state index in [9.17, 15) is 12.8 Å². The van der Waals surface area contributed by atoms with Crippen molar-refractivity contribution in [3.05, 3.63) is 59.1 Å². The molecule has 0 amide bonds. The molecule has 3 aromatic rings. The maximum Gasteiger partial charge on any atom is 0.217 e. The number of hydrogen-bond acceptors (Lipinski definition) is 6. The minimum Gasteiger partial charge on any atom is -0.493 e. The minimum atomic E-state index is -3.17. The third-order valence-corrected chi connectivity index (χ3v) is 9.14. The van der Waals surface area contributed by atoms with Crippen LogP contribution in [0.1, 0.15) is 41.8 Å². The lowest BCUT2D eigenvalue weighted by Crippen LogP contribution is -2.36. The summed E-state index contributed by atoms with van der Waals surface area (Å²) in [6, 6.07) is 3.16. The van der Waals surface area contributed by atoms with Gasteiger partial charge in [0, 0.05) is 43.3 Å². The third kappa shape index (κ3) is 3.61. The molecule has 8 nitrogen and oxygen atoms in total. The summed E-state index contributed by atoms with van der Waals surface area (Å²) in [6.07, 6.45) is 9.28. The molecule has 6 rings (SSSR count). The van der Waals surface area contributed by atoms with Crippen LogP contribution < -0.4 is 4.74 Å². The van der Waals surface area contributed by atoms with Crippen molar-refractivity contribution in [3.8, 4) is 5.75 Å². The molecule has 2 aliphatic heterocycles. The Bertz CT molecular complexity index is 1380. The fourth-order valence-corrected chi connectivity index (χ4v) is 6.58. The molecular weight excluding hydrogens is 445 g/mol. The smallest absolute Gasteiger partial charge is 0.217 e. The van der Waals surface area contributed by atoms with Crippen LogP contribution in [0.3, 0.4) is 0 Å². The molecule has 0 unspecified atom stereocenters. The summed E-state index contributed by atoms with van der Waals surface area (Å²) in [5.74, 6) is 1.31. The molecule has 1 fully saturated rings. The first-order valence-electron chi connectivity index (χ1n) is 11.3. The molecule has 0 spiro atoms. The first kappa shape index (κ1) is 20.7. The van der Waals surface area contributed by atoms with Crippen LogP contribution >= 0.6 is 0 Å².